The Morgan fingerprint density at radius 3 is 2.74 bits per heavy atom. The Hall–Kier alpha value is -3.79. The van der Waals surface area contributed by atoms with E-state index >= 15 is 0 Å². The fourth-order valence-electron chi connectivity index (χ4n) is 4.92. The highest BCUT2D eigenvalue weighted by Gasteiger charge is 2.45. The van der Waals surface area contributed by atoms with Gasteiger partial charge in [0.15, 0.2) is 5.60 Å². The highest BCUT2D eigenvalue weighted by atomic mass is 16.6. The molecular weight excluding hydrogens is 452 g/mol. The highest BCUT2D eigenvalue weighted by Crippen LogP contribution is 2.40. The maximum Gasteiger partial charge on any atom is 0.343 e. The average molecular weight is 479 g/mol. The van der Waals surface area contributed by atoms with Gasteiger partial charge in [-0.2, -0.15) is 0 Å². The summed E-state index contributed by atoms with van der Waals surface area (Å²) in [6, 6.07) is 6.44. The molecule has 2 N–H and O–H groups in total. The Kier molecular flexibility index (Phi) is 5.55. The molecule has 35 heavy (non-hydrogen) atoms. The first-order chi connectivity index (χ1) is 16.8. The van der Waals surface area contributed by atoms with Crippen LogP contribution in [0.5, 0.6) is 0 Å². The molecule has 0 amide bonds. The normalized spacial score (nSPS) is 18.1. The molecule has 1 atom stereocenters. The second kappa shape index (κ2) is 8.46. The van der Waals surface area contributed by atoms with Gasteiger partial charge in [0.2, 0.25) is 0 Å². The van der Waals surface area contributed by atoms with Crippen molar-refractivity contribution in [2.75, 3.05) is 11.9 Å². The van der Waals surface area contributed by atoms with Crippen LogP contribution in [0.25, 0.3) is 22.3 Å². The quantitative estimate of drug-likeness (QED) is 0.178. The summed E-state index contributed by atoms with van der Waals surface area (Å²) in [5.41, 5.74) is 1.15. The Labute approximate surface area is 200 Å². The number of fused-ring (bicyclic) bond motifs is 5. The molecule has 1 aromatic carbocycles. The van der Waals surface area contributed by atoms with Crippen molar-refractivity contribution in [3.8, 4) is 11.4 Å². The summed E-state index contributed by atoms with van der Waals surface area (Å²) in [7, 11) is 0. The minimum absolute atomic E-state index is 0.0379. The predicted octanol–water partition coefficient (Wildman–Crippen LogP) is 3.59. The minimum Gasteiger partial charge on any atom is -0.458 e. The number of aliphatic hydroxyl groups is 1. The molecule has 0 aliphatic carbocycles. The number of aromatic nitrogens is 2. The van der Waals surface area contributed by atoms with Gasteiger partial charge in [-0.1, -0.05) is 26.7 Å². The van der Waals surface area contributed by atoms with E-state index in [9.17, 15) is 24.8 Å². The van der Waals surface area contributed by atoms with Crippen molar-refractivity contribution < 1.29 is 19.6 Å². The zero-order valence-corrected chi connectivity index (χ0v) is 19.6. The molecule has 4 heterocycles. The van der Waals surface area contributed by atoms with E-state index in [1.165, 1.54) is 12.1 Å². The number of rotatable bonds is 7. The first kappa shape index (κ1) is 23.0. The summed E-state index contributed by atoms with van der Waals surface area (Å²) >= 11 is 0. The SMILES string of the molecule is CCCCCNc1cc([N+](=O)[O-])cc2cc3c(nc12)-c1cc2c(c(=O)n1C3)COC(=O)[C@]2(O)CC. The van der Waals surface area contributed by atoms with Crippen LogP contribution >= 0.6 is 0 Å². The fourth-order valence-corrected chi connectivity index (χ4v) is 4.92. The predicted molar refractivity (Wildman–Crippen MR) is 129 cm³/mol. The van der Waals surface area contributed by atoms with Crippen LogP contribution in [0.2, 0.25) is 0 Å². The van der Waals surface area contributed by atoms with Crippen LogP contribution in [0.1, 0.15) is 56.2 Å². The molecule has 2 aliphatic heterocycles. The van der Waals surface area contributed by atoms with E-state index in [-0.39, 0.29) is 41.9 Å². The number of hydrogen-bond acceptors (Lipinski definition) is 8. The van der Waals surface area contributed by atoms with Gasteiger partial charge in [-0.05, 0) is 25.0 Å². The number of nitro benzene ring substituents is 1. The van der Waals surface area contributed by atoms with E-state index in [2.05, 4.69) is 12.2 Å². The first-order valence-electron chi connectivity index (χ1n) is 11.8. The lowest BCUT2D eigenvalue weighted by Crippen LogP contribution is -2.44. The largest absolute Gasteiger partial charge is 0.458 e. The van der Waals surface area contributed by atoms with Crippen molar-refractivity contribution in [3.63, 3.8) is 0 Å². The number of unbranched alkanes of at least 4 members (excludes halogenated alkanes) is 2. The van der Waals surface area contributed by atoms with Gasteiger partial charge in [0.25, 0.3) is 11.2 Å². The Morgan fingerprint density at radius 1 is 1.23 bits per heavy atom. The van der Waals surface area contributed by atoms with Gasteiger partial charge >= 0.3 is 5.97 Å². The summed E-state index contributed by atoms with van der Waals surface area (Å²) in [4.78, 5) is 41.6. The third kappa shape index (κ3) is 3.56. The number of benzene rings is 1. The smallest absolute Gasteiger partial charge is 0.343 e. The number of carbonyl (C=O) groups is 1. The second-order valence-electron chi connectivity index (χ2n) is 9.06. The number of pyridine rings is 2. The molecule has 5 rings (SSSR count). The van der Waals surface area contributed by atoms with Crippen LogP contribution in [0, 0.1) is 10.1 Å². The number of ether oxygens (including phenoxy) is 1. The molecule has 3 aromatic rings. The number of esters is 1. The van der Waals surface area contributed by atoms with Gasteiger partial charge in [0, 0.05) is 35.2 Å². The van der Waals surface area contributed by atoms with E-state index in [1.54, 1.807) is 17.6 Å². The Bertz CT molecular complexity index is 1450. The third-order valence-electron chi connectivity index (χ3n) is 6.90. The number of nitro groups is 1. The zero-order chi connectivity index (χ0) is 24.9. The van der Waals surface area contributed by atoms with Crippen molar-refractivity contribution in [1.29, 1.82) is 0 Å². The van der Waals surface area contributed by atoms with Crippen molar-refractivity contribution in [2.45, 2.75) is 58.3 Å². The molecule has 10 nitrogen and oxygen atoms in total. The van der Waals surface area contributed by atoms with E-state index in [0.717, 1.165) is 24.8 Å². The maximum atomic E-state index is 13.3. The van der Waals surface area contributed by atoms with Crippen LogP contribution in [0.15, 0.2) is 29.1 Å². The number of non-ortho nitro benzene ring substituents is 1. The highest BCUT2D eigenvalue weighted by molar-refractivity contribution is 5.95. The number of carbonyl (C=O) groups excluding carboxylic acids is 1. The van der Waals surface area contributed by atoms with Gasteiger partial charge in [0.1, 0.15) is 6.61 Å². The summed E-state index contributed by atoms with van der Waals surface area (Å²) in [5.74, 6) is -0.771. The summed E-state index contributed by atoms with van der Waals surface area (Å²) < 4.78 is 6.66. The lowest BCUT2D eigenvalue weighted by Gasteiger charge is -2.31. The third-order valence-corrected chi connectivity index (χ3v) is 6.90. The van der Waals surface area contributed by atoms with Crippen LogP contribution in [-0.2, 0) is 28.3 Å². The molecule has 0 fully saturated rings. The van der Waals surface area contributed by atoms with E-state index in [0.29, 0.717) is 34.5 Å². The van der Waals surface area contributed by atoms with Crippen molar-refractivity contribution in [2.24, 2.45) is 0 Å². The number of cyclic esters (lactones) is 1. The first-order valence-corrected chi connectivity index (χ1v) is 11.8. The summed E-state index contributed by atoms with van der Waals surface area (Å²) in [5, 5.41) is 26.5. The summed E-state index contributed by atoms with van der Waals surface area (Å²) in [6.45, 7) is 4.45. The molecule has 0 saturated heterocycles. The zero-order valence-electron chi connectivity index (χ0n) is 19.6. The average Bonchev–Trinajstić information content (AvgIpc) is 3.20. The van der Waals surface area contributed by atoms with Gasteiger partial charge in [0.05, 0.1) is 39.6 Å². The summed E-state index contributed by atoms with van der Waals surface area (Å²) in [6.07, 6.45) is 3.07. The van der Waals surface area contributed by atoms with Crippen molar-refractivity contribution in [1.82, 2.24) is 9.55 Å². The van der Waals surface area contributed by atoms with Crippen molar-refractivity contribution in [3.05, 3.63) is 61.4 Å². The molecule has 0 unspecified atom stereocenters. The van der Waals surface area contributed by atoms with E-state index in [4.69, 9.17) is 9.72 Å². The van der Waals surface area contributed by atoms with Crippen LogP contribution < -0.4 is 10.9 Å². The van der Waals surface area contributed by atoms with Gasteiger partial charge in [-0.15, -0.1) is 0 Å². The minimum atomic E-state index is -1.89. The topological polar surface area (TPSA) is 137 Å². The van der Waals surface area contributed by atoms with Crippen molar-refractivity contribution >= 4 is 28.2 Å². The molecule has 0 radical (unpaired) electrons. The van der Waals surface area contributed by atoms with Crippen LogP contribution in [-0.4, -0.2) is 32.1 Å². The number of hydrogen-bond donors (Lipinski definition) is 2. The Morgan fingerprint density at radius 2 is 2.03 bits per heavy atom. The number of anilines is 1. The molecule has 10 heteroatoms. The molecule has 2 aliphatic rings. The Balaban J connectivity index is 1.68. The van der Waals surface area contributed by atoms with Crippen LogP contribution in [0.4, 0.5) is 11.4 Å². The molecule has 0 saturated carbocycles. The number of nitrogens with zero attached hydrogens (tertiary/aromatic N) is 3. The van der Waals surface area contributed by atoms with E-state index in [1.807, 2.05) is 6.07 Å². The molecule has 0 bridgehead atoms. The lowest BCUT2D eigenvalue weighted by atomic mass is 9.86. The van der Waals surface area contributed by atoms with Crippen LogP contribution in [0.3, 0.4) is 0 Å². The standard InChI is InChI=1S/C25H26N4O6/c1-3-5-6-7-26-19-10-16(29(33)34)9-14-8-15-12-28-20(22(15)27-21(14)19)11-18-17(23(28)30)13-35-24(31)25(18,32)4-2/h8-11,26,32H,3-7,12-13H2,1-2H3/t25-/m0/s1. The second-order valence-corrected chi connectivity index (χ2v) is 9.06. The van der Waals surface area contributed by atoms with Gasteiger partial charge in [-0.3, -0.25) is 14.9 Å². The monoisotopic (exact) mass is 478 g/mol. The molecular formula is C25H26N4O6. The van der Waals surface area contributed by atoms with Gasteiger partial charge < -0.3 is 19.7 Å². The van der Waals surface area contributed by atoms with Gasteiger partial charge in [-0.25, -0.2) is 9.78 Å². The fraction of sp³-hybridized carbons (Fsp3) is 0.400. The molecule has 182 valence electrons. The molecule has 0 spiro atoms. The molecule has 2 aromatic heterocycles. The number of nitrogens with one attached hydrogen (secondary N) is 1. The lowest BCUT2D eigenvalue weighted by molar-refractivity contribution is -0.384. The maximum absolute atomic E-state index is 13.3. The van der Waals surface area contributed by atoms with E-state index < -0.39 is 16.5 Å².